The van der Waals surface area contributed by atoms with Crippen LogP contribution in [-0.4, -0.2) is 38.3 Å². The normalized spacial score (nSPS) is 11.3. The van der Waals surface area contributed by atoms with Crippen LogP contribution < -0.4 is 10.1 Å². The maximum Gasteiger partial charge on any atom is 0.422 e. The van der Waals surface area contributed by atoms with Gasteiger partial charge in [-0.1, -0.05) is 6.08 Å². The molecule has 0 unspecified atom stereocenters. The van der Waals surface area contributed by atoms with E-state index in [9.17, 15) is 22.8 Å². The molecular formula is C15H16F3NO4. The van der Waals surface area contributed by atoms with Crippen molar-refractivity contribution in [2.24, 2.45) is 0 Å². The number of halogens is 3. The molecule has 23 heavy (non-hydrogen) atoms. The van der Waals surface area contributed by atoms with Gasteiger partial charge in [0.25, 0.3) is 5.91 Å². The fourth-order valence-corrected chi connectivity index (χ4v) is 1.49. The number of alkyl halides is 3. The number of carbonyl (C=O) groups is 2. The smallest absolute Gasteiger partial charge is 0.422 e. The Morgan fingerprint density at radius 3 is 2.43 bits per heavy atom. The summed E-state index contributed by atoms with van der Waals surface area (Å²) in [6.45, 7) is -1.08. The number of hydrogen-bond acceptors (Lipinski definition) is 4. The van der Waals surface area contributed by atoms with E-state index in [2.05, 4.69) is 14.8 Å². The summed E-state index contributed by atoms with van der Waals surface area (Å²) in [5, 5.41) is 2.60. The van der Waals surface area contributed by atoms with E-state index in [0.29, 0.717) is 18.5 Å². The standard InChI is InChI=1S/C15H16F3NO4/c1-22-13(20)4-2-3-9-19-14(21)11-5-7-12(8-6-11)23-10-15(16,17)18/h2,4-8H,3,9-10H2,1H3,(H,19,21)/b4-2+. The van der Waals surface area contributed by atoms with Crippen molar-refractivity contribution in [3.63, 3.8) is 0 Å². The Kier molecular flexibility index (Phi) is 7.11. The Morgan fingerprint density at radius 1 is 1.22 bits per heavy atom. The van der Waals surface area contributed by atoms with Crippen molar-refractivity contribution in [3.8, 4) is 5.75 Å². The van der Waals surface area contributed by atoms with E-state index >= 15 is 0 Å². The van der Waals surface area contributed by atoms with Crippen LogP contribution in [0.4, 0.5) is 13.2 Å². The maximum atomic E-state index is 12.0. The molecule has 0 saturated heterocycles. The van der Waals surface area contributed by atoms with E-state index in [0.717, 1.165) is 0 Å². The quantitative estimate of drug-likeness (QED) is 0.474. The van der Waals surface area contributed by atoms with E-state index in [1.54, 1.807) is 6.08 Å². The fourth-order valence-electron chi connectivity index (χ4n) is 1.49. The highest BCUT2D eigenvalue weighted by Gasteiger charge is 2.28. The molecule has 1 aromatic rings. The van der Waals surface area contributed by atoms with Crippen molar-refractivity contribution in [2.45, 2.75) is 12.6 Å². The number of nitrogens with one attached hydrogen (secondary N) is 1. The van der Waals surface area contributed by atoms with Gasteiger partial charge in [0.2, 0.25) is 0 Å². The van der Waals surface area contributed by atoms with E-state index < -0.39 is 18.8 Å². The zero-order valence-corrected chi connectivity index (χ0v) is 12.4. The molecule has 1 amide bonds. The average Bonchev–Trinajstić information content (AvgIpc) is 2.52. The van der Waals surface area contributed by atoms with Crippen LogP contribution in [0.25, 0.3) is 0 Å². The molecular weight excluding hydrogens is 315 g/mol. The molecule has 1 rings (SSSR count). The number of amides is 1. The van der Waals surface area contributed by atoms with Crippen LogP contribution >= 0.6 is 0 Å². The molecule has 1 aromatic carbocycles. The fraction of sp³-hybridized carbons (Fsp3) is 0.333. The first-order valence-corrected chi connectivity index (χ1v) is 6.64. The van der Waals surface area contributed by atoms with Crippen LogP contribution in [0.5, 0.6) is 5.75 Å². The van der Waals surface area contributed by atoms with Gasteiger partial charge >= 0.3 is 12.1 Å². The van der Waals surface area contributed by atoms with Crippen molar-refractivity contribution in [3.05, 3.63) is 42.0 Å². The summed E-state index contributed by atoms with van der Waals surface area (Å²) in [7, 11) is 1.26. The van der Waals surface area contributed by atoms with Crippen LogP contribution in [0.15, 0.2) is 36.4 Å². The molecule has 8 heteroatoms. The Morgan fingerprint density at radius 2 is 1.87 bits per heavy atom. The van der Waals surface area contributed by atoms with Gasteiger partial charge in [-0.15, -0.1) is 0 Å². The predicted octanol–water partition coefficient (Wildman–Crippen LogP) is 2.48. The van der Waals surface area contributed by atoms with Gasteiger partial charge in [0.15, 0.2) is 6.61 Å². The lowest BCUT2D eigenvalue weighted by atomic mass is 10.2. The second-order valence-electron chi connectivity index (χ2n) is 4.40. The zero-order chi connectivity index (χ0) is 17.3. The van der Waals surface area contributed by atoms with E-state index in [4.69, 9.17) is 0 Å². The first kappa shape index (κ1) is 18.5. The van der Waals surface area contributed by atoms with Crippen molar-refractivity contribution in [1.82, 2.24) is 5.32 Å². The third-order valence-corrected chi connectivity index (χ3v) is 2.57. The Balaban J connectivity index is 2.39. The van der Waals surface area contributed by atoms with Crippen LogP contribution in [0.3, 0.4) is 0 Å². The van der Waals surface area contributed by atoms with Gasteiger partial charge < -0.3 is 14.8 Å². The van der Waals surface area contributed by atoms with Gasteiger partial charge in [-0.2, -0.15) is 13.2 Å². The molecule has 0 radical (unpaired) electrons. The molecule has 126 valence electrons. The Labute approximate surface area is 131 Å². The van der Waals surface area contributed by atoms with Gasteiger partial charge in [-0.05, 0) is 30.7 Å². The molecule has 0 heterocycles. The summed E-state index contributed by atoms with van der Waals surface area (Å²) < 4.78 is 44.9. The molecule has 0 saturated carbocycles. The lowest BCUT2D eigenvalue weighted by molar-refractivity contribution is -0.153. The van der Waals surface area contributed by atoms with Crippen LogP contribution in [0.2, 0.25) is 0 Å². The van der Waals surface area contributed by atoms with Gasteiger partial charge in [0.05, 0.1) is 7.11 Å². The topological polar surface area (TPSA) is 64.6 Å². The SMILES string of the molecule is COC(=O)/C=C/CCNC(=O)c1ccc(OCC(F)(F)F)cc1. The minimum Gasteiger partial charge on any atom is -0.484 e. The molecule has 0 aromatic heterocycles. The molecule has 5 nitrogen and oxygen atoms in total. The highest BCUT2D eigenvalue weighted by molar-refractivity contribution is 5.94. The number of ether oxygens (including phenoxy) is 2. The van der Waals surface area contributed by atoms with Gasteiger partial charge in [0.1, 0.15) is 5.75 Å². The summed E-state index contributed by atoms with van der Waals surface area (Å²) >= 11 is 0. The van der Waals surface area contributed by atoms with Crippen molar-refractivity contribution in [1.29, 1.82) is 0 Å². The van der Waals surface area contributed by atoms with Gasteiger partial charge in [0, 0.05) is 18.2 Å². The lowest BCUT2D eigenvalue weighted by Crippen LogP contribution is -2.24. The van der Waals surface area contributed by atoms with Crippen molar-refractivity contribution < 1.29 is 32.2 Å². The predicted molar refractivity (Wildman–Crippen MR) is 76.1 cm³/mol. The monoisotopic (exact) mass is 331 g/mol. The van der Waals surface area contributed by atoms with E-state index in [1.165, 1.54) is 37.5 Å². The molecule has 0 atom stereocenters. The van der Waals surface area contributed by atoms with Gasteiger partial charge in [-0.3, -0.25) is 4.79 Å². The second-order valence-corrected chi connectivity index (χ2v) is 4.40. The number of hydrogen-bond donors (Lipinski definition) is 1. The summed E-state index contributed by atoms with van der Waals surface area (Å²) in [6, 6.07) is 5.31. The molecule has 0 fully saturated rings. The molecule has 0 bridgehead atoms. The minimum absolute atomic E-state index is 0.0277. The maximum absolute atomic E-state index is 12.0. The van der Waals surface area contributed by atoms with Gasteiger partial charge in [-0.25, -0.2) is 4.79 Å². The number of carbonyl (C=O) groups excluding carboxylic acids is 2. The summed E-state index contributed by atoms with van der Waals surface area (Å²) in [5.74, 6) is -0.829. The molecule has 0 aliphatic carbocycles. The minimum atomic E-state index is -4.41. The van der Waals surface area contributed by atoms with Crippen LogP contribution in [0, 0.1) is 0 Å². The number of rotatable bonds is 7. The number of esters is 1. The van der Waals surface area contributed by atoms with Crippen LogP contribution in [-0.2, 0) is 9.53 Å². The summed E-state index contributed by atoms with van der Waals surface area (Å²) in [6.07, 6.45) is -1.17. The highest BCUT2D eigenvalue weighted by Crippen LogP contribution is 2.18. The summed E-state index contributed by atoms with van der Waals surface area (Å²) in [4.78, 5) is 22.6. The van der Waals surface area contributed by atoms with E-state index in [1.807, 2.05) is 0 Å². The average molecular weight is 331 g/mol. The third-order valence-electron chi connectivity index (χ3n) is 2.57. The Bertz CT molecular complexity index is 553. The van der Waals surface area contributed by atoms with Crippen LogP contribution in [0.1, 0.15) is 16.8 Å². The second kappa shape index (κ2) is 8.82. The lowest BCUT2D eigenvalue weighted by Gasteiger charge is -2.09. The zero-order valence-electron chi connectivity index (χ0n) is 12.4. The molecule has 1 N–H and O–H groups in total. The van der Waals surface area contributed by atoms with Crippen molar-refractivity contribution >= 4 is 11.9 Å². The number of benzene rings is 1. The van der Waals surface area contributed by atoms with E-state index in [-0.39, 0.29) is 11.7 Å². The molecule has 0 aliphatic rings. The third kappa shape index (κ3) is 7.89. The number of methoxy groups -OCH3 is 1. The molecule has 0 aliphatic heterocycles. The first-order valence-electron chi connectivity index (χ1n) is 6.64. The summed E-state index contributed by atoms with van der Waals surface area (Å²) in [5.41, 5.74) is 0.293. The Hall–Kier alpha value is -2.51. The molecule has 0 spiro atoms. The highest BCUT2D eigenvalue weighted by atomic mass is 19.4. The first-order chi connectivity index (χ1) is 10.8. The van der Waals surface area contributed by atoms with Crippen molar-refractivity contribution in [2.75, 3.05) is 20.3 Å². The largest absolute Gasteiger partial charge is 0.484 e.